The van der Waals surface area contributed by atoms with Crippen LogP contribution in [0.3, 0.4) is 0 Å². The van der Waals surface area contributed by atoms with Gasteiger partial charge in [-0.05, 0) is 48.4 Å². The molecule has 6 nitrogen and oxygen atoms in total. The molecule has 1 saturated heterocycles. The lowest BCUT2D eigenvalue weighted by atomic mass is 10.0. The molecule has 1 aliphatic rings. The van der Waals surface area contributed by atoms with Crippen LogP contribution in [0.2, 0.25) is 5.02 Å². The number of nitrogens with zero attached hydrogens (tertiary/aromatic N) is 4. The Morgan fingerprint density at radius 1 is 1.40 bits per heavy atom. The van der Waals surface area contributed by atoms with E-state index in [-0.39, 0.29) is 12.1 Å². The van der Waals surface area contributed by atoms with Crippen LogP contribution in [0, 0.1) is 0 Å². The highest BCUT2D eigenvalue weighted by Gasteiger charge is 2.25. The second kappa shape index (κ2) is 5.38. The Morgan fingerprint density at radius 2 is 2.25 bits per heavy atom. The molecule has 2 atom stereocenters. The Kier molecular flexibility index (Phi) is 3.58. The van der Waals surface area contributed by atoms with Gasteiger partial charge in [0.25, 0.3) is 0 Å². The fourth-order valence-electron chi connectivity index (χ4n) is 2.57. The summed E-state index contributed by atoms with van der Waals surface area (Å²) in [6.45, 7) is 2.79. The Morgan fingerprint density at radius 3 is 3.00 bits per heavy atom. The number of tetrazole rings is 1. The number of nitrogens with two attached hydrogens (primary N) is 1. The number of halogens is 1. The third kappa shape index (κ3) is 2.62. The van der Waals surface area contributed by atoms with E-state index in [0.717, 1.165) is 25.0 Å². The van der Waals surface area contributed by atoms with Crippen LogP contribution in [0.5, 0.6) is 0 Å². The number of hydrogen-bond donors (Lipinski definition) is 1. The summed E-state index contributed by atoms with van der Waals surface area (Å²) in [4.78, 5) is 0. The molecular weight excluding hydrogens is 278 g/mol. The van der Waals surface area contributed by atoms with Crippen molar-refractivity contribution in [2.45, 2.75) is 31.9 Å². The van der Waals surface area contributed by atoms with Crippen LogP contribution in [0.1, 0.15) is 25.8 Å². The van der Waals surface area contributed by atoms with Gasteiger partial charge in [-0.15, -0.1) is 5.10 Å². The summed E-state index contributed by atoms with van der Waals surface area (Å²) in [5.41, 5.74) is 7.27. The zero-order chi connectivity index (χ0) is 14.1. The molecule has 2 unspecified atom stereocenters. The van der Waals surface area contributed by atoms with E-state index in [2.05, 4.69) is 22.4 Å². The fraction of sp³-hybridized carbons (Fsp3) is 0.462. The SMILES string of the molecule is CC1CC(n2nnnc2-c2cc(N)cc(Cl)c2)CCO1. The third-order valence-corrected chi connectivity index (χ3v) is 3.69. The number of rotatable bonds is 2. The van der Waals surface area contributed by atoms with Gasteiger partial charge in [0, 0.05) is 22.9 Å². The zero-order valence-electron chi connectivity index (χ0n) is 11.2. The molecule has 0 aliphatic carbocycles. The molecule has 1 aromatic heterocycles. The van der Waals surface area contributed by atoms with Crippen molar-refractivity contribution in [1.82, 2.24) is 20.2 Å². The molecule has 106 valence electrons. The molecule has 2 N–H and O–H groups in total. The molecule has 2 heterocycles. The van der Waals surface area contributed by atoms with Crippen molar-refractivity contribution in [2.75, 3.05) is 12.3 Å². The minimum absolute atomic E-state index is 0.218. The number of anilines is 1. The first kappa shape index (κ1) is 13.3. The molecule has 3 rings (SSSR count). The average Bonchev–Trinajstić information content (AvgIpc) is 2.86. The predicted octanol–water partition coefficient (Wildman–Crippen LogP) is 2.32. The summed E-state index contributed by atoms with van der Waals surface area (Å²) in [5.74, 6) is 0.693. The number of aromatic nitrogens is 4. The number of hydrogen-bond acceptors (Lipinski definition) is 5. The maximum absolute atomic E-state index is 6.05. The summed E-state index contributed by atoms with van der Waals surface area (Å²) in [5, 5.41) is 12.6. The number of benzene rings is 1. The van der Waals surface area contributed by atoms with Gasteiger partial charge in [0.15, 0.2) is 5.82 Å². The molecular formula is C13H16ClN5O. The Bertz CT molecular complexity index is 594. The lowest BCUT2D eigenvalue weighted by molar-refractivity contribution is 0.00350. The van der Waals surface area contributed by atoms with E-state index >= 15 is 0 Å². The summed E-state index contributed by atoms with van der Waals surface area (Å²) >= 11 is 6.05. The summed E-state index contributed by atoms with van der Waals surface area (Å²) in [6, 6.07) is 5.60. The van der Waals surface area contributed by atoms with Crippen molar-refractivity contribution in [3.8, 4) is 11.4 Å². The van der Waals surface area contributed by atoms with Gasteiger partial charge in [0.1, 0.15) is 0 Å². The van der Waals surface area contributed by atoms with Crippen molar-refractivity contribution in [3.05, 3.63) is 23.2 Å². The van der Waals surface area contributed by atoms with E-state index < -0.39 is 0 Å². The molecule has 0 amide bonds. The molecule has 0 saturated carbocycles. The molecule has 0 bridgehead atoms. The summed E-state index contributed by atoms with van der Waals surface area (Å²) in [6.07, 6.45) is 2.02. The van der Waals surface area contributed by atoms with Crippen molar-refractivity contribution in [1.29, 1.82) is 0 Å². The standard InChI is InChI=1S/C13H16ClN5O/c1-8-4-12(2-3-20-8)19-13(16-17-18-19)9-5-10(14)7-11(15)6-9/h5-8,12H,2-4,15H2,1H3. The van der Waals surface area contributed by atoms with Crippen LogP contribution in [0.15, 0.2) is 18.2 Å². The van der Waals surface area contributed by atoms with E-state index in [1.807, 2.05) is 16.8 Å². The largest absolute Gasteiger partial charge is 0.399 e. The lowest BCUT2D eigenvalue weighted by Crippen LogP contribution is -2.26. The molecule has 1 aliphatic heterocycles. The normalized spacial score (nSPS) is 22.9. The van der Waals surface area contributed by atoms with Crippen molar-refractivity contribution < 1.29 is 4.74 Å². The molecule has 0 spiro atoms. The van der Waals surface area contributed by atoms with Gasteiger partial charge in [-0.2, -0.15) is 0 Å². The van der Waals surface area contributed by atoms with Gasteiger partial charge in [-0.25, -0.2) is 4.68 Å². The Labute approximate surface area is 121 Å². The molecule has 2 aromatic rings. The first-order chi connectivity index (χ1) is 9.63. The maximum Gasteiger partial charge on any atom is 0.182 e. The topological polar surface area (TPSA) is 78.9 Å². The van der Waals surface area contributed by atoms with Crippen molar-refractivity contribution in [3.63, 3.8) is 0 Å². The van der Waals surface area contributed by atoms with Gasteiger partial charge in [-0.1, -0.05) is 11.6 Å². The molecule has 7 heteroatoms. The molecule has 1 fully saturated rings. The second-order valence-electron chi connectivity index (χ2n) is 5.08. The summed E-state index contributed by atoms with van der Waals surface area (Å²) in [7, 11) is 0. The van der Waals surface area contributed by atoms with Crippen LogP contribution in [-0.2, 0) is 4.74 Å². The quantitative estimate of drug-likeness (QED) is 0.860. The highest BCUT2D eigenvalue weighted by atomic mass is 35.5. The van der Waals surface area contributed by atoms with E-state index in [0.29, 0.717) is 16.5 Å². The summed E-state index contributed by atoms with van der Waals surface area (Å²) < 4.78 is 7.42. The minimum atomic E-state index is 0.218. The van der Waals surface area contributed by atoms with E-state index in [9.17, 15) is 0 Å². The first-order valence-corrected chi connectivity index (χ1v) is 6.97. The van der Waals surface area contributed by atoms with Gasteiger partial charge in [0.05, 0.1) is 12.1 Å². The predicted molar refractivity (Wildman–Crippen MR) is 76.4 cm³/mol. The van der Waals surface area contributed by atoms with Crippen LogP contribution < -0.4 is 5.73 Å². The molecule has 20 heavy (non-hydrogen) atoms. The Balaban J connectivity index is 1.97. The monoisotopic (exact) mass is 293 g/mol. The molecule has 0 radical (unpaired) electrons. The molecule has 1 aromatic carbocycles. The minimum Gasteiger partial charge on any atom is -0.399 e. The van der Waals surface area contributed by atoms with Crippen LogP contribution in [0.25, 0.3) is 11.4 Å². The van der Waals surface area contributed by atoms with E-state index in [1.165, 1.54) is 0 Å². The van der Waals surface area contributed by atoms with Gasteiger partial charge >= 0.3 is 0 Å². The van der Waals surface area contributed by atoms with Gasteiger partial charge in [0.2, 0.25) is 0 Å². The Hall–Kier alpha value is -1.66. The fourth-order valence-corrected chi connectivity index (χ4v) is 2.81. The van der Waals surface area contributed by atoms with Crippen LogP contribution in [-0.4, -0.2) is 32.9 Å². The first-order valence-electron chi connectivity index (χ1n) is 6.59. The highest BCUT2D eigenvalue weighted by Crippen LogP contribution is 2.30. The van der Waals surface area contributed by atoms with E-state index in [4.69, 9.17) is 22.1 Å². The van der Waals surface area contributed by atoms with Gasteiger partial charge < -0.3 is 10.5 Å². The second-order valence-corrected chi connectivity index (χ2v) is 5.52. The lowest BCUT2D eigenvalue weighted by Gasteiger charge is -2.27. The zero-order valence-corrected chi connectivity index (χ0v) is 11.9. The average molecular weight is 294 g/mol. The van der Waals surface area contributed by atoms with E-state index in [1.54, 1.807) is 6.07 Å². The highest BCUT2D eigenvalue weighted by molar-refractivity contribution is 6.31. The van der Waals surface area contributed by atoms with Crippen molar-refractivity contribution in [2.24, 2.45) is 0 Å². The van der Waals surface area contributed by atoms with Crippen molar-refractivity contribution >= 4 is 17.3 Å². The van der Waals surface area contributed by atoms with Gasteiger partial charge in [-0.3, -0.25) is 0 Å². The number of nitrogen functional groups attached to an aromatic ring is 1. The smallest absolute Gasteiger partial charge is 0.182 e. The number of ether oxygens (including phenoxy) is 1. The van der Waals surface area contributed by atoms with Crippen LogP contribution >= 0.6 is 11.6 Å². The van der Waals surface area contributed by atoms with Crippen LogP contribution in [0.4, 0.5) is 5.69 Å². The third-order valence-electron chi connectivity index (χ3n) is 3.47. The maximum atomic E-state index is 6.05.